The molecule has 1 fully saturated rings. The molecule has 0 aromatic carbocycles. The number of nitrogens with two attached hydrogens (primary N) is 1. The standard InChI is InChI=1S/C18H32N2O10/c1-5-28-17(26)18(27)6-10(22)13(20-9(4)21)15(30-18)14(24)11(23)7-29-16(25)12(19)8(2)3/h8,10-15,22-24,27H,5-7,19H2,1-4H3,(H,20,21)/t10-,11+,12+,13+,14+,15+,18-/m0/s1. The third-order valence-electron chi connectivity index (χ3n) is 4.67. The van der Waals surface area contributed by atoms with Crippen LogP contribution in [0.25, 0.3) is 0 Å². The summed E-state index contributed by atoms with van der Waals surface area (Å²) in [4.78, 5) is 35.4. The molecule has 1 aliphatic heterocycles. The molecular formula is C18H32N2O10. The Morgan fingerprint density at radius 1 is 1.27 bits per heavy atom. The molecule has 174 valence electrons. The molecule has 1 heterocycles. The molecule has 0 unspecified atom stereocenters. The van der Waals surface area contributed by atoms with E-state index in [9.17, 15) is 34.8 Å². The van der Waals surface area contributed by atoms with Gasteiger partial charge in [0.05, 0.1) is 18.8 Å². The summed E-state index contributed by atoms with van der Waals surface area (Å²) in [6.07, 6.45) is -7.43. The van der Waals surface area contributed by atoms with Crippen LogP contribution in [0.1, 0.15) is 34.1 Å². The zero-order valence-electron chi connectivity index (χ0n) is 17.5. The fraction of sp³-hybridized carbons (Fsp3) is 0.833. The van der Waals surface area contributed by atoms with E-state index in [0.29, 0.717) is 0 Å². The Hall–Kier alpha value is -1.83. The number of aliphatic hydroxyl groups is 4. The first-order chi connectivity index (χ1) is 13.8. The van der Waals surface area contributed by atoms with Gasteiger partial charge in [-0.25, -0.2) is 4.79 Å². The fourth-order valence-corrected chi connectivity index (χ4v) is 2.90. The molecule has 7 N–H and O–H groups in total. The van der Waals surface area contributed by atoms with Crippen molar-refractivity contribution in [3.63, 3.8) is 0 Å². The molecule has 12 nitrogen and oxygen atoms in total. The average Bonchev–Trinajstić information content (AvgIpc) is 2.66. The van der Waals surface area contributed by atoms with Gasteiger partial charge in [-0.05, 0) is 12.8 Å². The second-order valence-electron chi connectivity index (χ2n) is 7.54. The molecule has 1 amide bonds. The third-order valence-corrected chi connectivity index (χ3v) is 4.67. The van der Waals surface area contributed by atoms with Gasteiger partial charge in [-0.3, -0.25) is 9.59 Å². The van der Waals surface area contributed by atoms with E-state index >= 15 is 0 Å². The lowest BCUT2D eigenvalue weighted by molar-refractivity contribution is -0.297. The predicted octanol–water partition coefficient (Wildman–Crippen LogP) is -2.86. The maximum atomic E-state index is 12.1. The van der Waals surface area contributed by atoms with Crippen LogP contribution in [0.4, 0.5) is 0 Å². The van der Waals surface area contributed by atoms with Crippen LogP contribution < -0.4 is 11.1 Å². The molecule has 0 aromatic rings. The number of amides is 1. The highest BCUT2D eigenvalue weighted by atomic mass is 16.7. The minimum atomic E-state index is -2.62. The number of carbonyl (C=O) groups is 3. The molecule has 0 radical (unpaired) electrons. The van der Waals surface area contributed by atoms with E-state index in [4.69, 9.17) is 19.9 Å². The van der Waals surface area contributed by atoms with E-state index in [-0.39, 0.29) is 12.5 Å². The zero-order valence-corrected chi connectivity index (χ0v) is 17.5. The number of carbonyl (C=O) groups excluding carboxylic acids is 3. The molecule has 7 atom stereocenters. The predicted molar refractivity (Wildman–Crippen MR) is 100 cm³/mol. The van der Waals surface area contributed by atoms with Gasteiger partial charge < -0.3 is 45.7 Å². The van der Waals surface area contributed by atoms with Crippen LogP contribution in [0.3, 0.4) is 0 Å². The van der Waals surface area contributed by atoms with Gasteiger partial charge in [0.1, 0.15) is 31.0 Å². The lowest BCUT2D eigenvalue weighted by Crippen LogP contribution is -2.67. The van der Waals surface area contributed by atoms with E-state index in [1.54, 1.807) is 13.8 Å². The molecule has 0 aliphatic carbocycles. The molecule has 0 saturated carbocycles. The van der Waals surface area contributed by atoms with Crippen molar-refractivity contribution >= 4 is 17.8 Å². The molecule has 30 heavy (non-hydrogen) atoms. The highest BCUT2D eigenvalue weighted by molar-refractivity contribution is 5.78. The number of hydrogen-bond donors (Lipinski definition) is 6. The Morgan fingerprint density at radius 2 is 1.87 bits per heavy atom. The van der Waals surface area contributed by atoms with Crippen molar-refractivity contribution in [2.45, 2.75) is 76.4 Å². The Kier molecular flexibility index (Phi) is 9.59. The second-order valence-corrected chi connectivity index (χ2v) is 7.54. The molecule has 0 spiro atoms. The summed E-state index contributed by atoms with van der Waals surface area (Å²) < 4.78 is 14.9. The lowest BCUT2D eigenvalue weighted by Gasteiger charge is -2.45. The SMILES string of the molecule is CCOC(=O)[C@]1(O)C[C@H](O)[C@@H](NC(C)=O)[C@H]([C@H](O)[C@H](O)COC(=O)[C@H](N)C(C)C)O1. The van der Waals surface area contributed by atoms with Crippen LogP contribution in [0.5, 0.6) is 0 Å². The van der Waals surface area contributed by atoms with E-state index in [2.05, 4.69) is 5.32 Å². The maximum Gasteiger partial charge on any atom is 0.366 e. The first-order valence-corrected chi connectivity index (χ1v) is 9.65. The molecule has 0 bridgehead atoms. The van der Waals surface area contributed by atoms with Crippen molar-refractivity contribution in [2.24, 2.45) is 11.7 Å². The van der Waals surface area contributed by atoms with E-state index in [1.165, 1.54) is 6.92 Å². The van der Waals surface area contributed by atoms with Gasteiger partial charge in [-0.15, -0.1) is 0 Å². The lowest BCUT2D eigenvalue weighted by atomic mass is 9.88. The van der Waals surface area contributed by atoms with Gasteiger partial charge in [0.2, 0.25) is 5.91 Å². The maximum absolute atomic E-state index is 12.1. The fourth-order valence-electron chi connectivity index (χ4n) is 2.90. The topological polar surface area (TPSA) is 198 Å². The quantitative estimate of drug-likeness (QED) is 0.203. The molecular weight excluding hydrogens is 404 g/mol. The number of hydrogen-bond acceptors (Lipinski definition) is 11. The van der Waals surface area contributed by atoms with Gasteiger partial charge in [-0.2, -0.15) is 0 Å². The minimum absolute atomic E-state index is 0.0857. The Bertz CT molecular complexity index is 616. The molecule has 1 rings (SSSR count). The van der Waals surface area contributed by atoms with Gasteiger partial charge in [-0.1, -0.05) is 13.8 Å². The van der Waals surface area contributed by atoms with E-state index in [0.717, 1.165) is 6.92 Å². The Morgan fingerprint density at radius 3 is 2.37 bits per heavy atom. The van der Waals surface area contributed by atoms with E-state index < -0.39 is 73.2 Å². The highest BCUT2D eigenvalue weighted by Gasteiger charge is 2.54. The van der Waals surface area contributed by atoms with Crippen molar-refractivity contribution in [2.75, 3.05) is 13.2 Å². The number of aliphatic hydroxyl groups excluding tert-OH is 3. The summed E-state index contributed by atoms with van der Waals surface area (Å²) in [5.41, 5.74) is 5.65. The smallest absolute Gasteiger partial charge is 0.366 e. The van der Waals surface area contributed by atoms with Crippen LogP contribution in [-0.4, -0.2) is 93.8 Å². The van der Waals surface area contributed by atoms with Gasteiger partial charge >= 0.3 is 11.9 Å². The van der Waals surface area contributed by atoms with Crippen molar-refractivity contribution in [1.29, 1.82) is 0 Å². The van der Waals surface area contributed by atoms with Crippen molar-refractivity contribution in [3.8, 4) is 0 Å². The number of ether oxygens (including phenoxy) is 3. The minimum Gasteiger partial charge on any atom is -0.462 e. The van der Waals surface area contributed by atoms with Crippen molar-refractivity contribution < 1.29 is 49.0 Å². The number of nitrogens with one attached hydrogen (secondary N) is 1. The first kappa shape index (κ1) is 26.2. The number of esters is 2. The monoisotopic (exact) mass is 436 g/mol. The summed E-state index contributed by atoms with van der Waals surface area (Å²) in [5, 5.41) is 44.0. The summed E-state index contributed by atoms with van der Waals surface area (Å²) in [5.74, 6) is -5.44. The van der Waals surface area contributed by atoms with Crippen LogP contribution in [0, 0.1) is 5.92 Å². The highest BCUT2D eigenvalue weighted by Crippen LogP contribution is 2.31. The van der Waals surface area contributed by atoms with Gasteiger partial charge in [0.15, 0.2) is 0 Å². The Labute approximate surface area is 174 Å². The third kappa shape index (κ3) is 6.59. The van der Waals surface area contributed by atoms with Crippen LogP contribution >= 0.6 is 0 Å². The van der Waals surface area contributed by atoms with E-state index in [1.807, 2.05) is 0 Å². The van der Waals surface area contributed by atoms with Crippen LogP contribution in [0.2, 0.25) is 0 Å². The van der Waals surface area contributed by atoms with Crippen molar-refractivity contribution in [1.82, 2.24) is 5.32 Å². The van der Waals surface area contributed by atoms with Gasteiger partial charge in [0, 0.05) is 13.3 Å². The van der Waals surface area contributed by atoms with Crippen LogP contribution in [-0.2, 0) is 28.6 Å². The van der Waals surface area contributed by atoms with Gasteiger partial charge in [0.25, 0.3) is 5.79 Å². The number of rotatable bonds is 9. The summed E-state index contributed by atoms with van der Waals surface area (Å²) in [6, 6.07) is -2.22. The molecule has 12 heteroatoms. The van der Waals surface area contributed by atoms with Crippen molar-refractivity contribution in [3.05, 3.63) is 0 Å². The van der Waals surface area contributed by atoms with Crippen LogP contribution in [0.15, 0.2) is 0 Å². The summed E-state index contributed by atoms with van der Waals surface area (Å²) in [6.45, 7) is 5.27. The molecule has 1 saturated heterocycles. The largest absolute Gasteiger partial charge is 0.462 e. The molecule has 1 aliphatic rings. The summed E-state index contributed by atoms with van der Waals surface area (Å²) in [7, 11) is 0. The average molecular weight is 436 g/mol. The first-order valence-electron chi connectivity index (χ1n) is 9.65. The molecule has 0 aromatic heterocycles. The second kappa shape index (κ2) is 11.0. The Balaban J connectivity index is 2.99. The zero-order chi connectivity index (χ0) is 23.2. The normalized spacial score (nSPS) is 29.6. The summed E-state index contributed by atoms with van der Waals surface area (Å²) >= 11 is 0.